The van der Waals surface area contributed by atoms with Crippen molar-refractivity contribution in [1.29, 1.82) is 0 Å². The first-order chi connectivity index (χ1) is 13.9. The van der Waals surface area contributed by atoms with Gasteiger partial charge in [0.25, 0.3) is 5.91 Å². The Kier molecular flexibility index (Phi) is 5.08. The van der Waals surface area contributed by atoms with Crippen LogP contribution < -0.4 is 15.4 Å². The van der Waals surface area contributed by atoms with Crippen LogP contribution in [0.2, 0.25) is 0 Å². The minimum Gasteiger partial charge on any atom is -0.364 e. The van der Waals surface area contributed by atoms with E-state index >= 15 is 0 Å². The number of amides is 1. The average Bonchev–Trinajstić information content (AvgIpc) is 2.74. The van der Waals surface area contributed by atoms with E-state index in [4.69, 9.17) is 0 Å². The predicted octanol–water partition coefficient (Wildman–Crippen LogP) is 3.58. The van der Waals surface area contributed by atoms with Crippen LogP contribution >= 0.6 is 0 Å². The molecular weight excluding hydrogens is 386 g/mol. The molecular formula is C22H21N3O3S. The number of benzene rings is 3. The number of rotatable bonds is 4. The number of anilines is 1. The molecule has 3 aromatic rings. The zero-order valence-electron chi connectivity index (χ0n) is 15.8. The van der Waals surface area contributed by atoms with Crippen LogP contribution in [0.25, 0.3) is 0 Å². The quantitative estimate of drug-likeness (QED) is 0.617. The zero-order chi connectivity index (χ0) is 20.4. The van der Waals surface area contributed by atoms with Crippen LogP contribution in [0.15, 0.2) is 83.8 Å². The molecule has 3 N–H and O–H groups in total. The number of hydrogen-bond acceptors (Lipinski definition) is 4. The van der Waals surface area contributed by atoms with Gasteiger partial charge in [-0.15, -0.1) is 0 Å². The molecule has 1 heterocycles. The molecule has 0 saturated carbocycles. The highest BCUT2D eigenvalue weighted by Crippen LogP contribution is 2.30. The maximum Gasteiger partial charge on any atom is 0.251 e. The van der Waals surface area contributed by atoms with Crippen LogP contribution in [0.1, 0.15) is 40.6 Å². The lowest BCUT2D eigenvalue weighted by Crippen LogP contribution is -2.38. The Morgan fingerprint density at radius 2 is 1.59 bits per heavy atom. The van der Waals surface area contributed by atoms with Gasteiger partial charge in [-0.05, 0) is 42.3 Å². The molecule has 0 unspecified atom stereocenters. The summed E-state index contributed by atoms with van der Waals surface area (Å²) in [5, 5.41) is 6.15. The predicted molar refractivity (Wildman–Crippen MR) is 112 cm³/mol. The smallest absolute Gasteiger partial charge is 0.251 e. The number of sulfonamides is 1. The van der Waals surface area contributed by atoms with Gasteiger partial charge in [-0.25, -0.2) is 8.42 Å². The Bertz CT molecular complexity index is 1130. The number of carbonyl (C=O) groups is 1. The first-order valence-corrected chi connectivity index (χ1v) is 10.8. The van der Waals surface area contributed by atoms with Gasteiger partial charge in [0.15, 0.2) is 0 Å². The Morgan fingerprint density at radius 3 is 2.31 bits per heavy atom. The Hall–Kier alpha value is -3.16. The molecule has 0 spiro atoms. The van der Waals surface area contributed by atoms with Crippen LogP contribution in [0.4, 0.5) is 5.69 Å². The van der Waals surface area contributed by atoms with Gasteiger partial charge in [0.05, 0.1) is 11.7 Å². The van der Waals surface area contributed by atoms with E-state index in [-0.39, 0.29) is 16.8 Å². The second kappa shape index (κ2) is 7.69. The standard InChI is InChI=1S/C22H21N3O3S/c1-15(16-7-3-2-4-8-16)23-22(26)18-13-11-17(12-14-18)21-24-19-9-5-6-10-20(19)29(27,28)25-21/h2-15,21,24-25H,1H3,(H,23,26)/t15-,21-/m0/s1. The van der Waals surface area contributed by atoms with Gasteiger partial charge in [0.2, 0.25) is 10.0 Å². The summed E-state index contributed by atoms with van der Waals surface area (Å²) >= 11 is 0. The van der Waals surface area contributed by atoms with Crippen molar-refractivity contribution in [3.8, 4) is 0 Å². The molecule has 7 heteroatoms. The van der Waals surface area contributed by atoms with Crippen molar-refractivity contribution in [3.05, 3.63) is 95.6 Å². The maximum atomic E-state index is 12.5. The van der Waals surface area contributed by atoms with Crippen LogP contribution in [0.3, 0.4) is 0 Å². The third-order valence-corrected chi connectivity index (χ3v) is 6.38. The molecule has 2 atom stereocenters. The summed E-state index contributed by atoms with van der Waals surface area (Å²) in [6, 6.07) is 23.2. The number of fused-ring (bicyclic) bond motifs is 1. The van der Waals surface area contributed by atoms with E-state index in [1.165, 1.54) is 0 Å². The third kappa shape index (κ3) is 4.01. The molecule has 3 aromatic carbocycles. The first-order valence-electron chi connectivity index (χ1n) is 9.28. The molecule has 0 saturated heterocycles. The normalized spacial score (nSPS) is 18.2. The second-order valence-corrected chi connectivity index (χ2v) is 8.61. The van der Waals surface area contributed by atoms with Crippen LogP contribution in [-0.2, 0) is 10.0 Å². The highest BCUT2D eigenvalue weighted by molar-refractivity contribution is 7.89. The molecule has 148 valence electrons. The van der Waals surface area contributed by atoms with Gasteiger partial charge in [0, 0.05) is 5.56 Å². The van der Waals surface area contributed by atoms with Gasteiger partial charge in [-0.1, -0.05) is 54.6 Å². The van der Waals surface area contributed by atoms with E-state index < -0.39 is 16.2 Å². The van der Waals surface area contributed by atoms with E-state index in [1.807, 2.05) is 37.3 Å². The van der Waals surface area contributed by atoms with Gasteiger partial charge in [-0.3, -0.25) is 4.79 Å². The maximum absolute atomic E-state index is 12.5. The molecule has 0 bridgehead atoms. The summed E-state index contributed by atoms with van der Waals surface area (Å²) in [7, 11) is -3.60. The van der Waals surface area contributed by atoms with Gasteiger partial charge < -0.3 is 10.6 Å². The molecule has 1 aliphatic rings. The van der Waals surface area contributed by atoms with Gasteiger partial charge >= 0.3 is 0 Å². The van der Waals surface area contributed by atoms with Gasteiger partial charge in [-0.2, -0.15) is 4.72 Å². The zero-order valence-corrected chi connectivity index (χ0v) is 16.6. The molecule has 4 rings (SSSR count). The number of hydrogen-bond donors (Lipinski definition) is 3. The fourth-order valence-electron chi connectivity index (χ4n) is 3.31. The molecule has 1 aliphatic heterocycles. The summed E-state index contributed by atoms with van der Waals surface area (Å²) in [6.07, 6.45) is -0.602. The lowest BCUT2D eigenvalue weighted by molar-refractivity contribution is 0.0940. The molecule has 6 nitrogen and oxygen atoms in total. The van der Waals surface area contributed by atoms with Crippen molar-refractivity contribution in [1.82, 2.24) is 10.0 Å². The highest BCUT2D eigenvalue weighted by atomic mass is 32.2. The molecule has 0 fully saturated rings. The fraction of sp³-hybridized carbons (Fsp3) is 0.136. The first kappa shape index (κ1) is 19.2. The number of carbonyl (C=O) groups excluding carboxylic acids is 1. The van der Waals surface area contributed by atoms with Crippen molar-refractivity contribution >= 4 is 21.6 Å². The largest absolute Gasteiger partial charge is 0.364 e. The van der Waals surface area contributed by atoms with Crippen LogP contribution in [0, 0.1) is 0 Å². The van der Waals surface area contributed by atoms with Crippen LogP contribution in [-0.4, -0.2) is 14.3 Å². The Labute approximate surface area is 170 Å². The lowest BCUT2D eigenvalue weighted by atomic mass is 10.1. The summed E-state index contributed by atoms with van der Waals surface area (Å²) in [5.74, 6) is -0.185. The average molecular weight is 407 g/mol. The SMILES string of the molecule is C[C@H](NC(=O)c1ccc([C@H]2Nc3ccccc3S(=O)(=O)N2)cc1)c1ccccc1. The van der Waals surface area contributed by atoms with E-state index in [0.29, 0.717) is 11.3 Å². The summed E-state index contributed by atoms with van der Waals surface area (Å²) in [5.41, 5.74) is 2.80. The lowest BCUT2D eigenvalue weighted by Gasteiger charge is -2.28. The molecule has 1 amide bonds. The van der Waals surface area contributed by atoms with Gasteiger partial charge in [0.1, 0.15) is 11.1 Å². The van der Waals surface area contributed by atoms with E-state index in [2.05, 4.69) is 15.4 Å². The van der Waals surface area contributed by atoms with Crippen molar-refractivity contribution in [2.75, 3.05) is 5.32 Å². The molecule has 29 heavy (non-hydrogen) atoms. The Balaban J connectivity index is 1.49. The molecule has 0 radical (unpaired) electrons. The molecule has 0 aliphatic carbocycles. The van der Waals surface area contributed by atoms with Crippen molar-refractivity contribution in [2.45, 2.75) is 24.0 Å². The van der Waals surface area contributed by atoms with E-state index in [9.17, 15) is 13.2 Å². The second-order valence-electron chi connectivity index (χ2n) is 6.92. The summed E-state index contributed by atoms with van der Waals surface area (Å²) in [6.45, 7) is 1.93. The monoisotopic (exact) mass is 407 g/mol. The summed E-state index contributed by atoms with van der Waals surface area (Å²) in [4.78, 5) is 12.8. The van der Waals surface area contributed by atoms with Crippen molar-refractivity contribution in [2.24, 2.45) is 0 Å². The van der Waals surface area contributed by atoms with Crippen molar-refractivity contribution < 1.29 is 13.2 Å². The Morgan fingerprint density at radius 1 is 0.931 bits per heavy atom. The minimum absolute atomic E-state index is 0.119. The highest BCUT2D eigenvalue weighted by Gasteiger charge is 2.29. The van der Waals surface area contributed by atoms with E-state index in [0.717, 1.165) is 11.1 Å². The van der Waals surface area contributed by atoms with Crippen molar-refractivity contribution in [3.63, 3.8) is 0 Å². The van der Waals surface area contributed by atoms with E-state index in [1.54, 1.807) is 48.5 Å². The summed E-state index contributed by atoms with van der Waals surface area (Å²) < 4.78 is 27.6. The van der Waals surface area contributed by atoms with Crippen LogP contribution in [0.5, 0.6) is 0 Å². The number of para-hydroxylation sites is 1. The number of nitrogens with one attached hydrogen (secondary N) is 3. The fourth-order valence-corrected chi connectivity index (χ4v) is 4.61. The third-order valence-electron chi connectivity index (χ3n) is 4.90. The topological polar surface area (TPSA) is 87.3 Å². The molecule has 0 aromatic heterocycles. The minimum atomic E-state index is -3.60.